The molecule has 0 bridgehead atoms. The zero-order valence-electron chi connectivity index (χ0n) is 10.5. The van der Waals surface area contributed by atoms with Crippen molar-refractivity contribution in [1.82, 2.24) is 0 Å². The van der Waals surface area contributed by atoms with Gasteiger partial charge in [-0.1, -0.05) is 25.0 Å². The van der Waals surface area contributed by atoms with Crippen molar-refractivity contribution >= 4 is 0 Å². The van der Waals surface area contributed by atoms with E-state index in [1.165, 1.54) is 6.42 Å². The van der Waals surface area contributed by atoms with Gasteiger partial charge in [-0.2, -0.15) is 0 Å². The Morgan fingerprint density at radius 3 is 2.53 bits per heavy atom. The van der Waals surface area contributed by atoms with Gasteiger partial charge in [0.05, 0.1) is 20.3 Å². The molecule has 0 aromatic heterocycles. The Morgan fingerprint density at radius 2 is 1.88 bits per heavy atom. The molecule has 0 heterocycles. The van der Waals surface area contributed by atoms with Crippen molar-refractivity contribution < 1.29 is 14.6 Å². The highest BCUT2D eigenvalue weighted by atomic mass is 16.5. The number of hydrogen-bond donors (Lipinski definition) is 1. The van der Waals surface area contributed by atoms with Crippen molar-refractivity contribution in [3.63, 3.8) is 0 Å². The van der Waals surface area contributed by atoms with E-state index in [2.05, 4.69) is 0 Å². The van der Waals surface area contributed by atoms with Crippen molar-refractivity contribution in [2.45, 2.75) is 37.7 Å². The summed E-state index contributed by atoms with van der Waals surface area (Å²) in [7, 11) is 3.29. The van der Waals surface area contributed by atoms with E-state index in [1.54, 1.807) is 14.2 Å². The highest BCUT2D eigenvalue weighted by molar-refractivity contribution is 5.48. The molecule has 94 valence electrons. The first-order valence-electron chi connectivity index (χ1n) is 6.17. The first kappa shape index (κ1) is 12.2. The second-order valence-corrected chi connectivity index (χ2v) is 4.54. The normalized spacial score (nSPS) is 24.4. The van der Waals surface area contributed by atoms with Crippen LogP contribution in [0.1, 0.15) is 37.2 Å². The summed E-state index contributed by atoms with van der Waals surface area (Å²) in [6, 6.07) is 5.87. The van der Waals surface area contributed by atoms with Crippen molar-refractivity contribution in [2.75, 3.05) is 14.2 Å². The van der Waals surface area contributed by atoms with Gasteiger partial charge in [0, 0.05) is 11.5 Å². The second kappa shape index (κ2) is 5.41. The molecule has 1 saturated carbocycles. The summed E-state index contributed by atoms with van der Waals surface area (Å²) in [5, 5.41) is 10.1. The predicted octanol–water partition coefficient (Wildman–Crippen LogP) is 2.72. The van der Waals surface area contributed by atoms with Crippen LogP contribution in [0.4, 0.5) is 0 Å². The van der Waals surface area contributed by atoms with Gasteiger partial charge in [-0.25, -0.2) is 0 Å². The number of benzene rings is 1. The molecular formula is C14H20O3. The molecule has 1 fully saturated rings. The lowest BCUT2D eigenvalue weighted by Gasteiger charge is -2.29. The summed E-state index contributed by atoms with van der Waals surface area (Å²) < 4.78 is 10.7. The number of aliphatic hydroxyl groups is 1. The minimum atomic E-state index is -0.259. The van der Waals surface area contributed by atoms with Gasteiger partial charge < -0.3 is 14.6 Å². The summed E-state index contributed by atoms with van der Waals surface area (Å²) >= 11 is 0. The molecule has 1 aliphatic carbocycles. The van der Waals surface area contributed by atoms with Gasteiger partial charge in [0.2, 0.25) is 0 Å². The number of ether oxygens (including phenoxy) is 2. The molecule has 3 nitrogen and oxygen atoms in total. The minimum Gasteiger partial charge on any atom is -0.493 e. The fourth-order valence-electron chi connectivity index (χ4n) is 2.68. The van der Waals surface area contributed by atoms with Crippen LogP contribution in [-0.4, -0.2) is 25.4 Å². The molecule has 1 aromatic carbocycles. The second-order valence-electron chi connectivity index (χ2n) is 4.54. The third-order valence-electron chi connectivity index (χ3n) is 3.56. The highest BCUT2D eigenvalue weighted by Crippen LogP contribution is 2.41. The van der Waals surface area contributed by atoms with E-state index >= 15 is 0 Å². The van der Waals surface area contributed by atoms with Crippen LogP contribution in [0.5, 0.6) is 11.5 Å². The van der Waals surface area contributed by atoms with E-state index in [0.29, 0.717) is 0 Å². The van der Waals surface area contributed by atoms with Crippen molar-refractivity contribution in [1.29, 1.82) is 0 Å². The zero-order valence-corrected chi connectivity index (χ0v) is 10.5. The molecule has 17 heavy (non-hydrogen) atoms. The van der Waals surface area contributed by atoms with Crippen LogP contribution in [0.2, 0.25) is 0 Å². The lowest BCUT2D eigenvalue weighted by atomic mass is 9.81. The standard InChI is InChI=1S/C14H20O3/c1-16-13-9-5-7-11(14(13)17-2)10-6-3-4-8-12(10)15/h5,7,9-10,12,15H,3-4,6,8H2,1-2H3/t10-,12-/m0/s1. The third-order valence-corrected chi connectivity index (χ3v) is 3.56. The Labute approximate surface area is 102 Å². The van der Waals surface area contributed by atoms with E-state index in [-0.39, 0.29) is 12.0 Å². The SMILES string of the molecule is COc1cccc([C@@H]2CCCC[C@@H]2O)c1OC. The molecule has 3 heteroatoms. The molecule has 2 atom stereocenters. The fourth-order valence-corrected chi connectivity index (χ4v) is 2.68. The Balaban J connectivity index is 2.36. The topological polar surface area (TPSA) is 38.7 Å². The van der Waals surface area contributed by atoms with Crippen LogP contribution in [0.25, 0.3) is 0 Å². The lowest BCUT2D eigenvalue weighted by Crippen LogP contribution is -2.23. The van der Waals surface area contributed by atoms with E-state index in [4.69, 9.17) is 9.47 Å². The van der Waals surface area contributed by atoms with Gasteiger partial charge in [0.1, 0.15) is 0 Å². The molecule has 0 saturated heterocycles. The number of hydrogen-bond acceptors (Lipinski definition) is 3. The maximum absolute atomic E-state index is 10.1. The minimum absolute atomic E-state index is 0.175. The smallest absolute Gasteiger partial charge is 0.164 e. The molecule has 0 radical (unpaired) electrons. The molecule has 2 rings (SSSR count). The van der Waals surface area contributed by atoms with Crippen LogP contribution < -0.4 is 9.47 Å². The van der Waals surface area contributed by atoms with E-state index < -0.39 is 0 Å². The van der Waals surface area contributed by atoms with E-state index in [1.807, 2.05) is 18.2 Å². The maximum Gasteiger partial charge on any atom is 0.164 e. The van der Waals surface area contributed by atoms with Crippen LogP contribution >= 0.6 is 0 Å². The maximum atomic E-state index is 10.1. The largest absolute Gasteiger partial charge is 0.493 e. The summed E-state index contributed by atoms with van der Waals surface area (Å²) in [4.78, 5) is 0. The van der Waals surface area contributed by atoms with Gasteiger partial charge in [0.25, 0.3) is 0 Å². The van der Waals surface area contributed by atoms with Crippen LogP contribution in [0.3, 0.4) is 0 Å². The Bertz CT molecular complexity index is 376. The van der Waals surface area contributed by atoms with Gasteiger partial charge in [0.15, 0.2) is 11.5 Å². The van der Waals surface area contributed by atoms with E-state index in [9.17, 15) is 5.11 Å². The Hall–Kier alpha value is -1.22. The molecule has 1 aromatic rings. The Kier molecular flexibility index (Phi) is 3.89. The molecule has 0 amide bonds. The summed E-state index contributed by atoms with van der Waals surface area (Å²) in [6.07, 6.45) is 3.92. The molecule has 1 aliphatic rings. The third kappa shape index (κ3) is 2.39. The van der Waals surface area contributed by atoms with Crippen molar-refractivity contribution in [3.05, 3.63) is 23.8 Å². The van der Waals surface area contributed by atoms with Crippen LogP contribution in [0, 0.1) is 0 Å². The number of rotatable bonds is 3. The average molecular weight is 236 g/mol. The van der Waals surface area contributed by atoms with Crippen molar-refractivity contribution in [3.8, 4) is 11.5 Å². The monoisotopic (exact) mass is 236 g/mol. The molecule has 0 aliphatic heterocycles. The quantitative estimate of drug-likeness (QED) is 0.877. The fraction of sp³-hybridized carbons (Fsp3) is 0.571. The number of methoxy groups -OCH3 is 2. The Morgan fingerprint density at radius 1 is 1.12 bits per heavy atom. The lowest BCUT2D eigenvalue weighted by molar-refractivity contribution is 0.105. The summed E-state index contributed by atoms with van der Waals surface area (Å²) in [6.45, 7) is 0. The van der Waals surface area contributed by atoms with Crippen LogP contribution in [0.15, 0.2) is 18.2 Å². The number of aliphatic hydroxyl groups excluding tert-OH is 1. The molecule has 1 N–H and O–H groups in total. The van der Waals surface area contributed by atoms with Gasteiger partial charge in [-0.3, -0.25) is 0 Å². The zero-order chi connectivity index (χ0) is 12.3. The average Bonchev–Trinajstić information content (AvgIpc) is 2.38. The molecular weight excluding hydrogens is 216 g/mol. The summed E-state index contributed by atoms with van der Waals surface area (Å²) in [5.41, 5.74) is 1.07. The first-order chi connectivity index (χ1) is 8.27. The molecule has 0 spiro atoms. The van der Waals surface area contributed by atoms with Gasteiger partial charge in [-0.05, 0) is 18.9 Å². The van der Waals surface area contributed by atoms with Gasteiger partial charge >= 0.3 is 0 Å². The predicted molar refractivity (Wildman–Crippen MR) is 66.8 cm³/mol. The summed E-state index contributed by atoms with van der Waals surface area (Å²) in [5.74, 6) is 1.68. The number of para-hydroxylation sites is 1. The van der Waals surface area contributed by atoms with Crippen LogP contribution in [-0.2, 0) is 0 Å². The highest BCUT2D eigenvalue weighted by Gasteiger charge is 2.28. The van der Waals surface area contributed by atoms with E-state index in [0.717, 1.165) is 36.3 Å². The first-order valence-corrected chi connectivity index (χ1v) is 6.17. The molecule has 0 unspecified atom stereocenters. The van der Waals surface area contributed by atoms with Gasteiger partial charge in [-0.15, -0.1) is 0 Å². The van der Waals surface area contributed by atoms with Crippen molar-refractivity contribution in [2.24, 2.45) is 0 Å².